The Morgan fingerprint density at radius 3 is 2.83 bits per heavy atom. The van der Waals surface area contributed by atoms with Crippen molar-refractivity contribution in [3.63, 3.8) is 0 Å². The summed E-state index contributed by atoms with van der Waals surface area (Å²) in [7, 11) is 0. The molecule has 1 aromatic carbocycles. The molecule has 1 heterocycles. The quantitative estimate of drug-likeness (QED) is 0.800. The van der Waals surface area contributed by atoms with Crippen molar-refractivity contribution >= 4 is 18.3 Å². The predicted octanol–water partition coefficient (Wildman–Crippen LogP) is 3.29. The molecule has 1 atom stereocenters. The van der Waals surface area contributed by atoms with Crippen LogP contribution in [0.15, 0.2) is 24.3 Å². The van der Waals surface area contributed by atoms with Crippen LogP contribution < -0.4 is 15.4 Å². The third-order valence-electron chi connectivity index (χ3n) is 4.01. The van der Waals surface area contributed by atoms with Crippen LogP contribution in [0.25, 0.3) is 0 Å². The first-order valence-corrected chi connectivity index (χ1v) is 8.38. The van der Waals surface area contributed by atoms with E-state index in [0.717, 1.165) is 43.5 Å². The molecule has 1 amide bonds. The van der Waals surface area contributed by atoms with E-state index in [1.165, 1.54) is 0 Å². The number of nitrogens with one attached hydrogen (secondary N) is 2. The van der Waals surface area contributed by atoms with E-state index < -0.39 is 0 Å². The maximum Gasteiger partial charge on any atom is 0.237 e. The van der Waals surface area contributed by atoms with Gasteiger partial charge in [-0.2, -0.15) is 0 Å². The number of halogens is 1. The largest absolute Gasteiger partial charge is 0.493 e. The fourth-order valence-electron chi connectivity index (χ4n) is 2.58. The Balaban J connectivity index is 0.00000264. The van der Waals surface area contributed by atoms with Crippen molar-refractivity contribution in [1.82, 2.24) is 10.6 Å². The second kappa shape index (κ2) is 10.5. The third kappa shape index (κ3) is 6.80. The maximum atomic E-state index is 12.2. The number of carbonyl (C=O) groups excluding carboxylic acids is 1. The topological polar surface area (TPSA) is 50.4 Å². The molecular weight excluding hydrogens is 312 g/mol. The van der Waals surface area contributed by atoms with Gasteiger partial charge in [-0.15, -0.1) is 12.4 Å². The van der Waals surface area contributed by atoms with Crippen LogP contribution in [-0.2, 0) is 11.3 Å². The van der Waals surface area contributed by atoms with Gasteiger partial charge >= 0.3 is 0 Å². The molecule has 23 heavy (non-hydrogen) atoms. The average Bonchev–Trinajstić information content (AvgIpc) is 2.54. The fourth-order valence-corrected chi connectivity index (χ4v) is 2.58. The number of rotatable bonds is 7. The van der Waals surface area contributed by atoms with Crippen molar-refractivity contribution in [3.8, 4) is 5.75 Å². The SMILES string of the molecule is CC(C)CCOc1ccccc1CNC(=O)C1CCCCN1.Cl. The Hall–Kier alpha value is -1.26. The molecule has 1 unspecified atom stereocenters. The maximum absolute atomic E-state index is 12.2. The molecule has 130 valence electrons. The van der Waals surface area contributed by atoms with Crippen molar-refractivity contribution in [2.75, 3.05) is 13.2 Å². The number of piperidine rings is 1. The van der Waals surface area contributed by atoms with E-state index >= 15 is 0 Å². The highest BCUT2D eigenvalue weighted by Gasteiger charge is 2.20. The number of para-hydroxylation sites is 1. The van der Waals surface area contributed by atoms with Gasteiger partial charge in [0.05, 0.1) is 12.6 Å². The summed E-state index contributed by atoms with van der Waals surface area (Å²) in [5.41, 5.74) is 1.04. The summed E-state index contributed by atoms with van der Waals surface area (Å²) >= 11 is 0. The first-order valence-electron chi connectivity index (χ1n) is 8.38. The number of carbonyl (C=O) groups is 1. The number of benzene rings is 1. The standard InChI is InChI=1S/C18H28N2O2.ClH/c1-14(2)10-12-22-17-9-4-3-7-15(17)13-20-18(21)16-8-5-6-11-19-16;/h3-4,7,9,14,16,19H,5-6,8,10-13H2,1-2H3,(H,20,21);1H. The van der Waals surface area contributed by atoms with Crippen molar-refractivity contribution < 1.29 is 9.53 Å². The number of amides is 1. The second-order valence-electron chi connectivity index (χ2n) is 6.36. The molecule has 1 saturated heterocycles. The van der Waals surface area contributed by atoms with Crippen LogP contribution in [0.5, 0.6) is 5.75 Å². The van der Waals surface area contributed by atoms with Gasteiger partial charge in [-0.25, -0.2) is 0 Å². The van der Waals surface area contributed by atoms with Gasteiger partial charge in [0.15, 0.2) is 0 Å². The molecular formula is C18H29ClN2O2. The van der Waals surface area contributed by atoms with Gasteiger partial charge in [0, 0.05) is 12.1 Å². The third-order valence-corrected chi connectivity index (χ3v) is 4.01. The van der Waals surface area contributed by atoms with E-state index in [2.05, 4.69) is 24.5 Å². The fraction of sp³-hybridized carbons (Fsp3) is 0.611. The zero-order chi connectivity index (χ0) is 15.8. The van der Waals surface area contributed by atoms with Gasteiger partial charge in [0.2, 0.25) is 5.91 Å². The summed E-state index contributed by atoms with van der Waals surface area (Å²) < 4.78 is 5.86. The van der Waals surface area contributed by atoms with Crippen LogP contribution in [0.2, 0.25) is 0 Å². The Morgan fingerprint density at radius 2 is 2.13 bits per heavy atom. The Bertz CT molecular complexity index is 474. The lowest BCUT2D eigenvalue weighted by molar-refractivity contribution is -0.123. The monoisotopic (exact) mass is 340 g/mol. The van der Waals surface area contributed by atoms with Gasteiger partial charge in [-0.3, -0.25) is 4.79 Å². The van der Waals surface area contributed by atoms with Crippen LogP contribution in [0.4, 0.5) is 0 Å². The minimum absolute atomic E-state index is 0. The first-order chi connectivity index (χ1) is 10.7. The predicted molar refractivity (Wildman–Crippen MR) is 96.1 cm³/mol. The minimum Gasteiger partial charge on any atom is -0.493 e. The van der Waals surface area contributed by atoms with Crippen LogP contribution in [0.1, 0.15) is 45.1 Å². The van der Waals surface area contributed by atoms with Crippen LogP contribution >= 0.6 is 12.4 Å². The van der Waals surface area contributed by atoms with E-state index in [0.29, 0.717) is 19.1 Å². The first kappa shape index (κ1) is 19.8. The summed E-state index contributed by atoms with van der Waals surface area (Å²) in [5, 5.41) is 6.30. The van der Waals surface area contributed by atoms with Gasteiger partial charge < -0.3 is 15.4 Å². The molecule has 1 aliphatic rings. The molecule has 2 N–H and O–H groups in total. The number of ether oxygens (including phenoxy) is 1. The summed E-state index contributed by atoms with van der Waals surface area (Å²) in [5.74, 6) is 1.60. The lowest BCUT2D eigenvalue weighted by atomic mass is 10.0. The lowest BCUT2D eigenvalue weighted by Crippen LogP contribution is -2.46. The van der Waals surface area contributed by atoms with E-state index in [9.17, 15) is 4.79 Å². The molecule has 0 saturated carbocycles. The molecule has 0 spiro atoms. The van der Waals surface area contributed by atoms with Crippen LogP contribution in [0, 0.1) is 5.92 Å². The Kier molecular flexibility index (Phi) is 9.03. The normalized spacial score (nSPS) is 17.4. The van der Waals surface area contributed by atoms with E-state index in [1.807, 2.05) is 24.3 Å². The van der Waals surface area contributed by atoms with Gasteiger partial charge in [-0.1, -0.05) is 38.5 Å². The molecule has 2 rings (SSSR count). The van der Waals surface area contributed by atoms with Gasteiger partial charge in [-0.05, 0) is 37.8 Å². The highest BCUT2D eigenvalue weighted by molar-refractivity contribution is 5.85. The molecule has 0 aromatic heterocycles. The molecule has 0 radical (unpaired) electrons. The molecule has 1 aromatic rings. The molecule has 1 aliphatic heterocycles. The lowest BCUT2D eigenvalue weighted by Gasteiger charge is -2.22. The summed E-state index contributed by atoms with van der Waals surface area (Å²) in [4.78, 5) is 12.2. The molecule has 4 nitrogen and oxygen atoms in total. The van der Waals surface area contributed by atoms with Gasteiger partial charge in [0.25, 0.3) is 0 Å². The van der Waals surface area contributed by atoms with Crippen molar-refractivity contribution in [1.29, 1.82) is 0 Å². The van der Waals surface area contributed by atoms with Crippen molar-refractivity contribution in [3.05, 3.63) is 29.8 Å². The Labute approximate surface area is 145 Å². The molecule has 0 aliphatic carbocycles. The minimum atomic E-state index is -0.0391. The highest BCUT2D eigenvalue weighted by atomic mass is 35.5. The number of hydrogen-bond donors (Lipinski definition) is 2. The number of hydrogen-bond acceptors (Lipinski definition) is 3. The van der Waals surface area contributed by atoms with E-state index in [4.69, 9.17) is 4.74 Å². The summed E-state index contributed by atoms with van der Waals surface area (Å²) in [6, 6.07) is 7.90. The smallest absolute Gasteiger partial charge is 0.237 e. The zero-order valence-electron chi connectivity index (χ0n) is 14.1. The van der Waals surface area contributed by atoms with E-state index in [1.54, 1.807) is 0 Å². The molecule has 5 heteroatoms. The van der Waals surface area contributed by atoms with Crippen LogP contribution in [-0.4, -0.2) is 25.1 Å². The summed E-state index contributed by atoms with van der Waals surface area (Å²) in [6.45, 7) is 6.55. The molecule has 0 bridgehead atoms. The van der Waals surface area contributed by atoms with Crippen LogP contribution in [0.3, 0.4) is 0 Å². The summed E-state index contributed by atoms with van der Waals surface area (Å²) in [6.07, 6.45) is 4.25. The van der Waals surface area contributed by atoms with Crippen molar-refractivity contribution in [2.24, 2.45) is 5.92 Å². The Morgan fingerprint density at radius 1 is 1.35 bits per heavy atom. The van der Waals surface area contributed by atoms with E-state index in [-0.39, 0.29) is 24.4 Å². The highest BCUT2D eigenvalue weighted by Crippen LogP contribution is 2.18. The molecule has 1 fully saturated rings. The van der Waals surface area contributed by atoms with Crippen molar-refractivity contribution in [2.45, 2.75) is 52.1 Å². The van der Waals surface area contributed by atoms with Gasteiger partial charge in [0.1, 0.15) is 5.75 Å². The zero-order valence-corrected chi connectivity index (χ0v) is 15.0. The average molecular weight is 341 g/mol. The second-order valence-corrected chi connectivity index (χ2v) is 6.36.